The molecular weight excluding hydrogens is 236 g/mol. The van der Waals surface area contributed by atoms with Crippen LogP contribution >= 0.6 is 0 Å². The van der Waals surface area contributed by atoms with Crippen LogP contribution in [0.2, 0.25) is 0 Å². The zero-order chi connectivity index (χ0) is 13.1. The minimum Gasteiger partial charge on any atom is -0.321 e. The minimum absolute atomic E-state index is 0.0953. The van der Waals surface area contributed by atoms with E-state index in [9.17, 15) is 14.4 Å². The van der Waals surface area contributed by atoms with E-state index in [1.54, 1.807) is 30.2 Å². The van der Waals surface area contributed by atoms with Crippen molar-refractivity contribution in [1.82, 2.24) is 20.0 Å². The Hall–Kier alpha value is -2.44. The highest BCUT2D eigenvalue weighted by Gasteiger charge is 2.24. The number of amides is 3. The molecule has 2 rings (SSSR count). The molecule has 18 heavy (non-hydrogen) atoms. The lowest BCUT2D eigenvalue weighted by molar-refractivity contribution is -0.143. The van der Waals surface area contributed by atoms with Gasteiger partial charge in [0.05, 0.1) is 6.20 Å². The van der Waals surface area contributed by atoms with Crippen LogP contribution < -0.4 is 5.32 Å². The Bertz CT molecular complexity index is 516. The monoisotopic (exact) mass is 248 g/mol. The molecule has 0 atom stereocenters. The van der Waals surface area contributed by atoms with Crippen molar-refractivity contribution in [3.05, 3.63) is 24.0 Å². The quantitative estimate of drug-likeness (QED) is 0.533. The Morgan fingerprint density at radius 1 is 1.39 bits per heavy atom. The van der Waals surface area contributed by atoms with Crippen molar-refractivity contribution in [1.29, 1.82) is 0 Å². The van der Waals surface area contributed by atoms with E-state index < -0.39 is 11.8 Å². The highest BCUT2D eigenvalue weighted by atomic mass is 16.2. The zero-order valence-corrected chi connectivity index (χ0v) is 9.79. The van der Waals surface area contributed by atoms with E-state index in [4.69, 9.17) is 0 Å². The summed E-state index contributed by atoms with van der Waals surface area (Å²) in [5.41, 5.74) is 0.777. The average Bonchev–Trinajstić information content (AvgIpc) is 2.70. The van der Waals surface area contributed by atoms with Crippen LogP contribution in [-0.4, -0.2) is 45.5 Å². The summed E-state index contributed by atoms with van der Waals surface area (Å²) >= 11 is 0. The van der Waals surface area contributed by atoms with Crippen molar-refractivity contribution in [2.45, 2.75) is 0 Å². The number of rotatable bonds is 2. The van der Waals surface area contributed by atoms with E-state index in [2.05, 4.69) is 10.4 Å². The maximum atomic E-state index is 11.7. The molecule has 0 bridgehead atoms. The summed E-state index contributed by atoms with van der Waals surface area (Å²) in [4.78, 5) is 35.1. The number of nitrogens with zero attached hydrogens (tertiary/aromatic N) is 3. The summed E-state index contributed by atoms with van der Waals surface area (Å²) in [6.45, 7) is -0.191. The average molecular weight is 248 g/mol. The van der Waals surface area contributed by atoms with Gasteiger partial charge >= 0.3 is 0 Å². The maximum Gasteiger partial charge on any atom is 0.247 e. The summed E-state index contributed by atoms with van der Waals surface area (Å²) < 4.78 is 1.61. The number of aryl methyl sites for hydroxylation is 1. The molecule has 1 saturated heterocycles. The van der Waals surface area contributed by atoms with Gasteiger partial charge in [-0.1, -0.05) is 0 Å². The van der Waals surface area contributed by atoms with Gasteiger partial charge in [-0.2, -0.15) is 5.10 Å². The van der Waals surface area contributed by atoms with Gasteiger partial charge in [-0.05, 0) is 6.08 Å². The highest BCUT2D eigenvalue weighted by molar-refractivity contribution is 6.04. The molecule has 1 aliphatic heterocycles. The summed E-state index contributed by atoms with van der Waals surface area (Å²) in [5, 5.41) is 6.09. The van der Waals surface area contributed by atoms with Gasteiger partial charge in [-0.15, -0.1) is 0 Å². The summed E-state index contributed by atoms with van der Waals surface area (Å²) in [7, 11) is 1.77. The molecule has 1 fully saturated rings. The lowest BCUT2D eigenvalue weighted by Gasteiger charge is -2.24. The molecule has 0 spiro atoms. The number of carbonyl (C=O) groups is 3. The van der Waals surface area contributed by atoms with E-state index in [0.29, 0.717) is 0 Å². The molecular formula is C11H12N4O3. The van der Waals surface area contributed by atoms with Crippen molar-refractivity contribution in [2.75, 3.05) is 13.1 Å². The largest absolute Gasteiger partial charge is 0.321 e. The number of hydrogen-bond donors (Lipinski definition) is 1. The SMILES string of the molecule is Cn1cc(C=CC(=O)N2CC(=O)NC(=O)C2)cn1. The third-order valence-corrected chi connectivity index (χ3v) is 2.40. The molecule has 94 valence electrons. The van der Waals surface area contributed by atoms with E-state index in [-0.39, 0.29) is 19.0 Å². The van der Waals surface area contributed by atoms with E-state index in [1.807, 2.05) is 0 Å². The molecule has 7 nitrogen and oxygen atoms in total. The minimum atomic E-state index is -0.464. The Balaban J connectivity index is 2.01. The van der Waals surface area contributed by atoms with E-state index >= 15 is 0 Å². The first-order chi connectivity index (χ1) is 8.54. The fourth-order valence-electron chi connectivity index (χ4n) is 1.59. The fourth-order valence-corrected chi connectivity index (χ4v) is 1.59. The standard InChI is InChI=1S/C11H12N4O3/c1-14-5-8(4-12-14)2-3-11(18)15-6-9(16)13-10(17)7-15/h2-5H,6-7H2,1H3,(H,13,16,17). The Kier molecular flexibility index (Phi) is 3.22. The number of carbonyl (C=O) groups excluding carboxylic acids is 3. The van der Waals surface area contributed by atoms with Gasteiger partial charge in [0.2, 0.25) is 17.7 Å². The van der Waals surface area contributed by atoms with Crippen molar-refractivity contribution in [3.63, 3.8) is 0 Å². The van der Waals surface area contributed by atoms with Crippen LogP contribution in [0, 0.1) is 0 Å². The smallest absolute Gasteiger partial charge is 0.247 e. The topological polar surface area (TPSA) is 84.3 Å². The normalized spacial score (nSPS) is 16.2. The van der Waals surface area contributed by atoms with Crippen LogP contribution in [0.5, 0.6) is 0 Å². The number of piperazine rings is 1. The van der Waals surface area contributed by atoms with Crippen LogP contribution in [0.3, 0.4) is 0 Å². The third kappa shape index (κ3) is 2.82. The summed E-state index contributed by atoms with van der Waals surface area (Å²) in [5.74, 6) is -1.30. The molecule has 0 aliphatic carbocycles. The van der Waals surface area contributed by atoms with Crippen LogP contribution in [0.4, 0.5) is 0 Å². The van der Waals surface area contributed by atoms with Crippen LogP contribution in [-0.2, 0) is 21.4 Å². The molecule has 2 heterocycles. The summed E-state index contributed by atoms with van der Waals surface area (Å²) in [6, 6.07) is 0. The number of nitrogens with one attached hydrogen (secondary N) is 1. The van der Waals surface area contributed by atoms with Gasteiger partial charge < -0.3 is 4.90 Å². The van der Waals surface area contributed by atoms with Crippen LogP contribution in [0.15, 0.2) is 18.5 Å². The van der Waals surface area contributed by atoms with Gasteiger partial charge in [0.25, 0.3) is 0 Å². The molecule has 1 aromatic rings. The number of imide groups is 1. The Morgan fingerprint density at radius 2 is 2.06 bits per heavy atom. The lowest BCUT2D eigenvalue weighted by Crippen LogP contribution is -2.52. The van der Waals surface area contributed by atoms with Gasteiger partial charge in [0.15, 0.2) is 0 Å². The van der Waals surface area contributed by atoms with E-state index in [0.717, 1.165) is 5.56 Å². The first-order valence-electron chi connectivity index (χ1n) is 5.33. The molecule has 0 saturated carbocycles. The lowest BCUT2D eigenvalue weighted by atomic mass is 10.3. The van der Waals surface area contributed by atoms with Gasteiger partial charge in [0, 0.05) is 24.9 Å². The molecule has 3 amide bonds. The van der Waals surface area contributed by atoms with Crippen LogP contribution in [0.25, 0.3) is 6.08 Å². The fraction of sp³-hybridized carbons (Fsp3) is 0.273. The first-order valence-corrected chi connectivity index (χ1v) is 5.33. The third-order valence-electron chi connectivity index (χ3n) is 2.40. The predicted molar refractivity (Wildman–Crippen MR) is 62.0 cm³/mol. The van der Waals surface area contributed by atoms with Gasteiger partial charge in [-0.25, -0.2) is 0 Å². The molecule has 0 aromatic carbocycles. The predicted octanol–water partition coefficient (Wildman–Crippen LogP) is -1.08. The van der Waals surface area contributed by atoms with Crippen molar-refractivity contribution in [3.8, 4) is 0 Å². The number of hydrogen-bond acceptors (Lipinski definition) is 4. The van der Waals surface area contributed by atoms with Crippen molar-refractivity contribution >= 4 is 23.8 Å². The molecule has 0 radical (unpaired) electrons. The molecule has 7 heteroatoms. The molecule has 1 aromatic heterocycles. The van der Waals surface area contributed by atoms with Gasteiger partial charge in [0.1, 0.15) is 13.1 Å². The highest BCUT2D eigenvalue weighted by Crippen LogP contribution is 2.02. The Labute approximate surface area is 103 Å². The summed E-state index contributed by atoms with van der Waals surface area (Å²) in [6.07, 6.45) is 6.27. The second-order valence-electron chi connectivity index (χ2n) is 3.95. The van der Waals surface area contributed by atoms with Crippen LogP contribution in [0.1, 0.15) is 5.56 Å². The molecule has 0 unspecified atom stereocenters. The Morgan fingerprint density at radius 3 is 2.61 bits per heavy atom. The second kappa shape index (κ2) is 4.82. The van der Waals surface area contributed by atoms with Crippen molar-refractivity contribution in [2.24, 2.45) is 7.05 Å². The van der Waals surface area contributed by atoms with E-state index in [1.165, 1.54) is 11.0 Å². The molecule has 1 aliphatic rings. The maximum absolute atomic E-state index is 11.7. The number of aromatic nitrogens is 2. The van der Waals surface area contributed by atoms with Gasteiger partial charge in [-0.3, -0.25) is 24.4 Å². The zero-order valence-electron chi connectivity index (χ0n) is 9.79. The first kappa shape index (κ1) is 12.0. The van der Waals surface area contributed by atoms with Crippen molar-refractivity contribution < 1.29 is 14.4 Å². The second-order valence-corrected chi connectivity index (χ2v) is 3.95. The molecule has 1 N–H and O–H groups in total.